The Balaban J connectivity index is 2.65. The third kappa shape index (κ3) is 2.77. The van der Waals surface area contributed by atoms with Crippen molar-refractivity contribution in [2.45, 2.75) is 26.7 Å². The topological polar surface area (TPSA) is 0 Å². The Labute approximate surface area is 85.8 Å². The zero-order valence-electron chi connectivity index (χ0n) is 8.76. The second kappa shape index (κ2) is 4.71. The summed E-state index contributed by atoms with van der Waals surface area (Å²) in [6, 6.07) is 0. The fourth-order valence-electron chi connectivity index (χ4n) is 1.33. The highest BCUT2D eigenvalue weighted by atomic mass is 32.2. The molecule has 1 heteroatoms. The third-order valence-corrected chi connectivity index (χ3v) is 3.04. The van der Waals surface area contributed by atoms with Gasteiger partial charge in [-0.2, -0.15) is 0 Å². The molecule has 0 fully saturated rings. The van der Waals surface area contributed by atoms with Gasteiger partial charge in [0.25, 0.3) is 0 Å². The van der Waals surface area contributed by atoms with E-state index in [0.717, 1.165) is 0 Å². The van der Waals surface area contributed by atoms with E-state index < -0.39 is 0 Å². The molecule has 0 saturated carbocycles. The van der Waals surface area contributed by atoms with E-state index in [4.69, 9.17) is 0 Å². The Morgan fingerprint density at radius 3 is 2.54 bits per heavy atom. The van der Waals surface area contributed by atoms with Crippen LogP contribution in [0.2, 0.25) is 0 Å². The molecule has 1 aliphatic carbocycles. The number of rotatable bonds is 4. The SMILES string of the molecule is C=C(SC)C1=C(C=CC(C)C)CC1. The fraction of sp³-hybridized carbons (Fsp3) is 0.500. The molecule has 1 aliphatic rings. The number of thioether (sulfide) groups is 1. The van der Waals surface area contributed by atoms with Crippen LogP contribution >= 0.6 is 11.8 Å². The monoisotopic (exact) mass is 194 g/mol. The summed E-state index contributed by atoms with van der Waals surface area (Å²) in [7, 11) is 0. The van der Waals surface area contributed by atoms with Gasteiger partial charge in [0.15, 0.2) is 0 Å². The van der Waals surface area contributed by atoms with E-state index in [1.165, 1.54) is 28.9 Å². The van der Waals surface area contributed by atoms with E-state index in [9.17, 15) is 0 Å². The van der Waals surface area contributed by atoms with Crippen LogP contribution in [0, 0.1) is 5.92 Å². The van der Waals surface area contributed by atoms with Gasteiger partial charge >= 0.3 is 0 Å². The predicted molar refractivity (Wildman–Crippen MR) is 62.9 cm³/mol. The van der Waals surface area contributed by atoms with Crippen molar-refractivity contribution in [1.29, 1.82) is 0 Å². The molecule has 0 unspecified atom stereocenters. The quantitative estimate of drug-likeness (QED) is 0.647. The normalized spacial score (nSPS) is 16.9. The van der Waals surface area contributed by atoms with Crippen molar-refractivity contribution < 1.29 is 0 Å². The maximum absolute atomic E-state index is 4.04. The first-order chi connectivity index (χ1) is 6.15. The van der Waals surface area contributed by atoms with Crippen LogP contribution in [0.5, 0.6) is 0 Å². The second-order valence-corrected chi connectivity index (χ2v) is 4.64. The minimum absolute atomic E-state index is 0.650. The van der Waals surface area contributed by atoms with Gasteiger partial charge in [-0.1, -0.05) is 32.6 Å². The van der Waals surface area contributed by atoms with Crippen LogP contribution in [-0.4, -0.2) is 6.26 Å². The number of hydrogen-bond acceptors (Lipinski definition) is 1. The molecule has 0 aromatic rings. The highest BCUT2D eigenvalue weighted by Crippen LogP contribution is 2.37. The van der Waals surface area contributed by atoms with Crippen molar-refractivity contribution in [2.75, 3.05) is 6.26 Å². The molecule has 72 valence electrons. The zero-order chi connectivity index (χ0) is 9.84. The van der Waals surface area contributed by atoms with E-state index in [1.807, 2.05) is 0 Å². The van der Waals surface area contributed by atoms with E-state index in [-0.39, 0.29) is 0 Å². The molecule has 0 aromatic heterocycles. The summed E-state index contributed by atoms with van der Waals surface area (Å²) in [5.41, 5.74) is 2.97. The molecule has 0 nitrogen and oxygen atoms in total. The molecule has 0 spiro atoms. The summed E-state index contributed by atoms with van der Waals surface area (Å²) >= 11 is 1.76. The first kappa shape index (κ1) is 10.6. The highest BCUT2D eigenvalue weighted by Gasteiger charge is 2.16. The molecule has 0 saturated heterocycles. The lowest BCUT2D eigenvalue weighted by atomic mass is 9.87. The summed E-state index contributed by atoms with van der Waals surface area (Å²) in [4.78, 5) is 1.25. The molecule has 0 aromatic carbocycles. The molecule has 0 heterocycles. The smallest absolute Gasteiger partial charge is 0.00321 e. The van der Waals surface area contributed by atoms with Gasteiger partial charge in [0.1, 0.15) is 0 Å². The maximum Gasteiger partial charge on any atom is 0.00321 e. The van der Waals surface area contributed by atoms with Crippen molar-refractivity contribution in [3.05, 3.63) is 34.8 Å². The number of hydrogen-bond donors (Lipinski definition) is 0. The van der Waals surface area contributed by atoms with Crippen molar-refractivity contribution in [1.82, 2.24) is 0 Å². The molecule has 0 amide bonds. The van der Waals surface area contributed by atoms with Crippen molar-refractivity contribution in [3.8, 4) is 0 Å². The summed E-state index contributed by atoms with van der Waals surface area (Å²) < 4.78 is 0. The first-order valence-corrected chi connectivity index (χ1v) is 6.01. The van der Waals surface area contributed by atoms with Crippen molar-refractivity contribution >= 4 is 11.8 Å². The van der Waals surface area contributed by atoms with E-state index in [1.54, 1.807) is 11.8 Å². The molecule has 0 radical (unpaired) electrons. The molecular formula is C12H18S. The standard InChI is InChI=1S/C12H18S/c1-9(2)5-6-11-7-8-12(11)10(3)13-4/h5-6,9H,3,7-8H2,1-2,4H3. The van der Waals surface area contributed by atoms with Gasteiger partial charge in [-0.25, -0.2) is 0 Å². The van der Waals surface area contributed by atoms with Crippen molar-refractivity contribution in [2.24, 2.45) is 5.92 Å². The summed E-state index contributed by atoms with van der Waals surface area (Å²) in [6.45, 7) is 8.46. The lowest BCUT2D eigenvalue weighted by Gasteiger charge is -2.22. The number of allylic oxidation sites excluding steroid dienone is 4. The average molecular weight is 194 g/mol. The van der Waals surface area contributed by atoms with Gasteiger partial charge in [0, 0.05) is 4.91 Å². The highest BCUT2D eigenvalue weighted by molar-refractivity contribution is 8.02. The maximum atomic E-state index is 4.04. The minimum Gasteiger partial charge on any atom is -0.130 e. The zero-order valence-corrected chi connectivity index (χ0v) is 9.58. The van der Waals surface area contributed by atoms with Gasteiger partial charge in [0.2, 0.25) is 0 Å². The van der Waals surface area contributed by atoms with Crippen molar-refractivity contribution in [3.63, 3.8) is 0 Å². The summed E-state index contributed by atoms with van der Waals surface area (Å²) in [6.07, 6.45) is 9.08. The predicted octanol–water partition coefficient (Wildman–Crippen LogP) is 4.17. The fourth-order valence-corrected chi connectivity index (χ4v) is 1.81. The molecule has 13 heavy (non-hydrogen) atoms. The second-order valence-electron chi connectivity index (χ2n) is 3.73. The molecular weight excluding hydrogens is 176 g/mol. The average Bonchev–Trinajstić information content (AvgIpc) is 2.01. The van der Waals surface area contributed by atoms with E-state index in [0.29, 0.717) is 5.92 Å². The largest absolute Gasteiger partial charge is 0.130 e. The lowest BCUT2D eigenvalue weighted by Crippen LogP contribution is -2.02. The third-order valence-electron chi connectivity index (χ3n) is 2.30. The Hall–Kier alpha value is -0.430. The van der Waals surface area contributed by atoms with Crippen LogP contribution in [0.4, 0.5) is 0 Å². The summed E-state index contributed by atoms with van der Waals surface area (Å²) in [5.74, 6) is 0.650. The molecule has 0 aliphatic heterocycles. The van der Waals surface area contributed by atoms with E-state index >= 15 is 0 Å². The van der Waals surface area contributed by atoms with Gasteiger partial charge in [0.05, 0.1) is 0 Å². The van der Waals surface area contributed by atoms with Crippen LogP contribution in [0.3, 0.4) is 0 Å². The van der Waals surface area contributed by atoms with Gasteiger partial charge in [-0.15, -0.1) is 11.8 Å². The van der Waals surface area contributed by atoms with E-state index in [2.05, 4.69) is 38.8 Å². The Morgan fingerprint density at radius 1 is 1.46 bits per heavy atom. The van der Waals surface area contributed by atoms with Gasteiger partial charge < -0.3 is 0 Å². The van der Waals surface area contributed by atoms with Crippen LogP contribution in [0.1, 0.15) is 26.7 Å². The van der Waals surface area contributed by atoms with Gasteiger partial charge in [-0.05, 0) is 36.2 Å². The summed E-state index contributed by atoms with van der Waals surface area (Å²) in [5, 5.41) is 0. The molecule has 0 bridgehead atoms. The minimum atomic E-state index is 0.650. The molecule has 0 atom stereocenters. The first-order valence-electron chi connectivity index (χ1n) is 4.78. The molecule has 1 rings (SSSR count). The van der Waals surface area contributed by atoms with Crippen LogP contribution < -0.4 is 0 Å². The van der Waals surface area contributed by atoms with Crippen LogP contribution in [-0.2, 0) is 0 Å². The lowest BCUT2D eigenvalue weighted by molar-refractivity contribution is 0.813. The van der Waals surface area contributed by atoms with Crippen LogP contribution in [0.25, 0.3) is 0 Å². The Kier molecular flexibility index (Phi) is 3.86. The Morgan fingerprint density at radius 2 is 2.15 bits per heavy atom. The van der Waals surface area contributed by atoms with Gasteiger partial charge in [-0.3, -0.25) is 0 Å². The molecule has 0 N–H and O–H groups in total. The van der Waals surface area contributed by atoms with Crippen LogP contribution in [0.15, 0.2) is 34.8 Å². The Bertz CT molecular complexity index is 256.